The van der Waals surface area contributed by atoms with Crippen molar-refractivity contribution in [3.63, 3.8) is 0 Å². The summed E-state index contributed by atoms with van der Waals surface area (Å²) < 4.78 is 15.5. The molecule has 24 heavy (non-hydrogen) atoms. The minimum Gasteiger partial charge on any atom is -0.326 e. The predicted molar refractivity (Wildman–Crippen MR) is 91.6 cm³/mol. The first-order chi connectivity index (χ1) is 10.9. The third-order valence-corrected chi connectivity index (χ3v) is 3.15. The monoisotopic (exact) mass is 355 g/mol. The van der Waals surface area contributed by atoms with Crippen LogP contribution in [0, 0.1) is 5.82 Å². The van der Waals surface area contributed by atoms with Crippen molar-refractivity contribution in [3.8, 4) is 0 Å². The highest BCUT2D eigenvalue weighted by Crippen LogP contribution is 2.21. The van der Waals surface area contributed by atoms with Crippen LogP contribution in [0.1, 0.15) is 18.5 Å². The second kappa shape index (κ2) is 8.42. The number of amides is 2. The molecule has 0 saturated carbocycles. The minimum absolute atomic E-state index is 0. The summed E-state index contributed by atoms with van der Waals surface area (Å²) in [6.45, 7) is 1.35. The van der Waals surface area contributed by atoms with Gasteiger partial charge in [-0.05, 0) is 25.2 Å². The Morgan fingerprint density at radius 2 is 2.00 bits per heavy atom. The van der Waals surface area contributed by atoms with E-state index in [0.717, 1.165) is 0 Å². The second-order valence-corrected chi connectivity index (χ2v) is 5.03. The number of halogens is 2. The summed E-state index contributed by atoms with van der Waals surface area (Å²) in [5, 5.41) is 11.9. The largest absolute Gasteiger partial charge is 0.326 e. The van der Waals surface area contributed by atoms with Crippen molar-refractivity contribution in [1.82, 2.24) is 15.1 Å². The molecule has 2 amide bonds. The number of benzene rings is 1. The van der Waals surface area contributed by atoms with Crippen molar-refractivity contribution in [1.29, 1.82) is 0 Å². The summed E-state index contributed by atoms with van der Waals surface area (Å²) in [7, 11) is 3.37. The molecular weight excluding hydrogens is 337 g/mol. The molecule has 0 aliphatic carbocycles. The zero-order chi connectivity index (χ0) is 17.0. The second-order valence-electron chi connectivity index (χ2n) is 5.03. The van der Waals surface area contributed by atoms with Crippen LogP contribution in [0.4, 0.5) is 15.8 Å². The van der Waals surface area contributed by atoms with Crippen molar-refractivity contribution < 1.29 is 14.0 Å². The lowest BCUT2D eigenvalue weighted by atomic mass is 10.1. The summed E-state index contributed by atoms with van der Waals surface area (Å²) in [4.78, 5) is 23.4. The molecule has 0 spiro atoms. The van der Waals surface area contributed by atoms with Gasteiger partial charge in [0, 0.05) is 31.4 Å². The van der Waals surface area contributed by atoms with Crippen LogP contribution in [0.25, 0.3) is 0 Å². The van der Waals surface area contributed by atoms with Gasteiger partial charge in [-0.15, -0.1) is 12.4 Å². The number of nitrogens with zero attached hydrogens (tertiary/aromatic N) is 2. The molecule has 0 aliphatic heterocycles. The van der Waals surface area contributed by atoms with Crippen LogP contribution in [-0.2, 0) is 16.6 Å². The van der Waals surface area contributed by atoms with Crippen LogP contribution in [-0.4, -0.2) is 28.6 Å². The maximum Gasteiger partial charge on any atom is 0.246 e. The van der Waals surface area contributed by atoms with Crippen LogP contribution < -0.4 is 16.0 Å². The van der Waals surface area contributed by atoms with Gasteiger partial charge < -0.3 is 16.0 Å². The molecule has 0 fully saturated rings. The number of aromatic nitrogens is 2. The molecule has 2 rings (SSSR count). The molecule has 1 aromatic heterocycles. The number of aryl methyl sites for hydroxylation is 1. The number of hydrogen-bond donors (Lipinski definition) is 3. The smallest absolute Gasteiger partial charge is 0.246 e. The fraction of sp³-hybridized carbons (Fsp3) is 0.267. The van der Waals surface area contributed by atoms with Crippen molar-refractivity contribution in [3.05, 3.63) is 42.0 Å². The van der Waals surface area contributed by atoms with Gasteiger partial charge in [0.15, 0.2) is 0 Å². The number of anilines is 2. The van der Waals surface area contributed by atoms with E-state index in [-0.39, 0.29) is 24.0 Å². The molecule has 0 saturated heterocycles. The third kappa shape index (κ3) is 4.77. The molecule has 1 atom stereocenters. The van der Waals surface area contributed by atoms with Gasteiger partial charge in [-0.3, -0.25) is 14.3 Å². The van der Waals surface area contributed by atoms with Crippen molar-refractivity contribution >= 4 is 35.6 Å². The van der Waals surface area contributed by atoms with Crippen molar-refractivity contribution in [2.75, 3.05) is 17.7 Å². The van der Waals surface area contributed by atoms with Gasteiger partial charge in [-0.25, -0.2) is 4.39 Å². The summed E-state index contributed by atoms with van der Waals surface area (Å²) in [6, 6.07) is 3.29. The van der Waals surface area contributed by atoms with E-state index in [1.807, 2.05) is 0 Å². The Kier molecular flexibility index (Phi) is 6.87. The van der Waals surface area contributed by atoms with Crippen LogP contribution in [0.3, 0.4) is 0 Å². The fourth-order valence-corrected chi connectivity index (χ4v) is 2.15. The molecule has 1 unspecified atom stereocenters. The number of carbonyl (C=O) groups is 2. The first-order valence-electron chi connectivity index (χ1n) is 6.94. The van der Waals surface area contributed by atoms with Crippen LogP contribution >= 0.6 is 12.4 Å². The maximum absolute atomic E-state index is 13.9. The Morgan fingerprint density at radius 1 is 1.29 bits per heavy atom. The fourth-order valence-electron chi connectivity index (χ4n) is 2.15. The van der Waals surface area contributed by atoms with Gasteiger partial charge in [0.05, 0.1) is 11.9 Å². The van der Waals surface area contributed by atoms with Gasteiger partial charge in [0.2, 0.25) is 11.8 Å². The van der Waals surface area contributed by atoms with Gasteiger partial charge in [0.25, 0.3) is 0 Å². The Labute approximate surface area is 145 Å². The third-order valence-electron chi connectivity index (χ3n) is 3.15. The van der Waals surface area contributed by atoms with E-state index in [2.05, 4.69) is 21.0 Å². The molecular formula is C15H19ClFN5O2. The first-order valence-corrected chi connectivity index (χ1v) is 6.94. The Hall–Kier alpha value is -2.45. The van der Waals surface area contributed by atoms with Crippen molar-refractivity contribution in [2.24, 2.45) is 7.05 Å². The van der Waals surface area contributed by atoms with Gasteiger partial charge in [-0.1, -0.05) is 0 Å². The average Bonchev–Trinajstić information content (AvgIpc) is 2.89. The van der Waals surface area contributed by atoms with Crippen molar-refractivity contribution in [2.45, 2.75) is 13.0 Å². The number of hydrogen-bond acceptors (Lipinski definition) is 4. The Morgan fingerprint density at radius 3 is 2.54 bits per heavy atom. The van der Waals surface area contributed by atoms with Gasteiger partial charge >= 0.3 is 0 Å². The molecule has 1 heterocycles. The maximum atomic E-state index is 13.9. The molecule has 9 heteroatoms. The van der Waals surface area contributed by atoms with E-state index in [1.165, 1.54) is 25.1 Å². The lowest BCUT2D eigenvalue weighted by Gasteiger charge is -2.15. The zero-order valence-corrected chi connectivity index (χ0v) is 14.3. The highest BCUT2D eigenvalue weighted by molar-refractivity contribution is 5.96. The van der Waals surface area contributed by atoms with E-state index in [0.29, 0.717) is 11.3 Å². The highest BCUT2D eigenvalue weighted by Gasteiger charge is 2.21. The summed E-state index contributed by atoms with van der Waals surface area (Å²) in [6.07, 6.45) is 3.26. The van der Waals surface area contributed by atoms with Gasteiger partial charge in [0.1, 0.15) is 11.9 Å². The van der Waals surface area contributed by atoms with Gasteiger partial charge in [-0.2, -0.15) is 5.10 Å². The number of likely N-dealkylation sites (N-methyl/N-ethyl adjacent to an activating group) is 1. The van der Waals surface area contributed by atoms with Crippen LogP contribution in [0.15, 0.2) is 30.6 Å². The first kappa shape index (κ1) is 19.6. The summed E-state index contributed by atoms with van der Waals surface area (Å²) in [5.74, 6) is -1.30. The lowest BCUT2D eigenvalue weighted by Crippen LogP contribution is -2.30. The summed E-state index contributed by atoms with van der Waals surface area (Å²) in [5.41, 5.74) is 1.05. The van der Waals surface area contributed by atoms with E-state index in [1.54, 1.807) is 31.2 Å². The SMILES string of the molecule is CNC(C(=O)Nc1cc(NC(C)=O)ccc1F)c1cnn(C)c1.Cl. The molecule has 1 aromatic carbocycles. The Balaban J connectivity index is 0.00000288. The highest BCUT2D eigenvalue weighted by atomic mass is 35.5. The topological polar surface area (TPSA) is 88.1 Å². The van der Waals surface area contributed by atoms with Crippen LogP contribution in [0.2, 0.25) is 0 Å². The number of nitrogens with one attached hydrogen (secondary N) is 3. The van der Waals surface area contributed by atoms with E-state index >= 15 is 0 Å². The molecule has 0 bridgehead atoms. The molecule has 7 nitrogen and oxygen atoms in total. The average molecular weight is 356 g/mol. The zero-order valence-electron chi connectivity index (χ0n) is 13.5. The molecule has 0 radical (unpaired) electrons. The number of rotatable bonds is 5. The summed E-state index contributed by atoms with van der Waals surface area (Å²) >= 11 is 0. The quantitative estimate of drug-likeness (QED) is 0.763. The lowest BCUT2D eigenvalue weighted by molar-refractivity contribution is -0.118. The minimum atomic E-state index is -0.674. The number of carbonyl (C=O) groups excluding carboxylic acids is 2. The van der Waals surface area contributed by atoms with E-state index < -0.39 is 17.8 Å². The molecule has 0 aliphatic rings. The van der Waals surface area contributed by atoms with Crippen LogP contribution in [0.5, 0.6) is 0 Å². The predicted octanol–water partition coefficient (Wildman–Crippen LogP) is 1.84. The standard InChI is InChI=1S/C15H18FN5O2.ClH/c1-9(22)19-11-4-5-12(16)13(6-11)20-15(23)14(17-2)10-7-18-21(3)8-10;/h4-8,14,17H,1-3H3,(H,19,22)(H,20,23);1H. The normalized spacial score (nSPS) is 11.3. The Bertz CT molecular complexity index is 734. The molecule has 130 valence electrons. The molecule has 2 aromatic rings. The molecule has 3 N–H and O–H groups in total. The van der Waals surface area contributed by atoms with E-state index in [4.69, 9.17) is 0 Å². The van der Waals surface area contributed by atoms with E-state index in [9.17, 15) is 14.0 Å².